The van der Waals surface area contributed by atoms with Crippen LogP contribution in [0.4, 0.5) is 11.4 Å². The number of carbonyl (C=O) groups is 2. The van der Waals surface area contributed by atoms with E-state index in [1.165, 1.54) is 45.5 Å². The van der Waals surface area contributed by atoms with Gasteiger partial charge in [0.05, 0.1) is 17.7 Å². The van der Waals surface area contributed by atoms with Crippen LogP contribution in [0.1, 0.15) is 20.7 Å². The van der Waals surface area contributed by atoms with Crippen molar-refractivity contribution in [1.82, 2.24) is 5.32 Å². The predicted octanol–water partition coefficient (Wildman–Crippen LogP) is 3.13. The van der Waals surface area contributed by atoms with Gasteiger partial charge in [0.2, 0.25) is 0 Å². The number of anilines is 2. The number of carbonyl (C=O) groups excluding carboxylic acids is 2. The summed E-state index contributed by atoms with van der Waals surface area (Å²) in [5.74, 6) is -0.274. The molecule has 0 atom stereocenters. The van der Waals surface area contributed by atoms with Crippen LogP contribution in [0.25, 0.3) is 0 Å². The van der Waals surface area contributed by atoms with Crippen molar-refractivity contribution in [3.8, 4) is 5.75 Å². The minimum absolute atomic E-state index is 0.0315. The molecule has 0 unspecified atom stereocenters. The zero-order valence-electron chi connectivity index (χ0n) is 17.8. The van der Waals surface area contributed by atoms with Crippen molar-refractivity contribution in [3.63, 3.8) is 0 Å². The molecule has 0 aliphatic carbocycles. The second-order valence-corrected chi connectivity index (χ2v) is 8.75. The molecule has 2 amide bonds. The molecule has 0 aliphatic rings. The minimum Gasteiger partial charge on any atom is -0.495 e. The highest BCUT2D eigenvalue weighted by Gasteiger charge is 2.24. The van der Waals surface area contributed by atoms with E-state index in [0.717, 1.165) is 4.31 Å². The van der Waals surface area contributed by atoms with E-state index in [1.807, 2.05) is 0 Å². The highest BCUT2D eigenvalue weighted by Crippen LogP contribution is 2.30. The fraction of sp³-hybridized carbons (Fsp3) is 0.130. The third-order valence-electron chi connectivity index (χ3n) is 4.81. The first-order chi connectivity index (χ1) is 15.3. The van der Waals surface area contributed by atoms with Crippen molar-refractivity contribution in [3.05, 3.63) is 83.9 Å². The summed E-state index contributed by atoms with van der Waals surface area (Å²) < 4.78 is 32.5. The fourth-order valence-electron chi connectivity index (χ4n) is 3.04. The minimum atomic E-state index is -3.87. The molecule has 0 saturated carbocycles. The summed E-state index contributed by atoms with van der Waals surface area (Å²) in [6.45, 7) is 0. The lowest BCUT2D eigenvalue weighted by Gasteiger charge is -2.21. The van der Waals surface area contributed by atoms with Crippen LogP contribution in [0.15, 0.2) is 77.7 Å². The van der Waals surface area contributed by atoms with Crippen LogP contribution >= 0.6 is 0 Å². The average Bonchev–Trinajstić information content (AvgIpc) is 2.83. The number of methoxy groups -OCH3 is 1. The summed E-state index contributed by atoms with van der Waals surface area (Å²) in [4.78, 5) is 24.4. The summed E-state index contributed by atoms with van der Waals surface area (Å²) in [5, 5.41) is 5.23. The number of nitrogens with zero attached hydrogens (tertiary/aromatic N) is 1. The van der Waals surface area contributed by atoms with Crippen molar-refractivity contribution < 1.29 is 22.7 Å². The first kappa shape index (κ1) is 22.8. The van der Waals surface area contributed by atoms with E-state index in [1.54, 1.807) is 48.5 Å². The van der Waals surface area contributed by atoms with E-state index in [4.69, 9.17) is 4.74 Å². The van der Waals surface area contributed by atoms with Gasteiger partial charge in [-0.25, -0.2) is 8.42 Å². The van der Waals surface area contributed by atoms with Crippen LogP contribution in [0, 0.1) is 0 Å². The Kier molecular flexibility index (Phi) is 6.79. The Morgan fingerprint density at radius 2 is 1.56 bits per heavy atom. The first-order valence-corrected chi connectivity index (χ1v) is 11.1. The number of hydrogen-bond acceptors (Lipinski definition) is 5. The fourth-order valence-corrected chi connectivity index (χ4v) is 4.25. The van der Waals surface area contributed by atoms with Gasteiger partial charge < -0.3 is 15.4 Å². The topological polar surface area (TPSA) is 105 Å². The number of benzene rings is 3. The maximum atomic E-state index is 13.0. The summed E-state index contributed by atoms with van der Waals surface area (Å²) in [7, 11) is 0.563. The third-order valence-corrected chi connectivity index (χ3v) is 6.59. The van der Waals surface area contributed by atoms with Crippen LogP contribution in [-0.2, 0) is 10.0 Å². The van der Waals surface area contributed by atoms with Crippen LogP contribution in [0.5, 0.6) is 5.75 Å². The third kappa shape index (κ3) is 4.73. The van der Waals surface area contributed by atoms with E-state index in [0.29, 0.717) is 22.7 Å². The summed E-state index contributed by atoms with van der Waals surface area (Å²) in [5.41, 5.74) is 1.52. The Labute approximate surface area is 186 Å². The van der Waals surface area contributed by atoms with Gasteiger partial charge in [-0.2, -0.15) is 0 Å². The maximum Gasteiger partial charge on any atom is 0.264 e. The molecule has 8 nitrogen and oxygen atoms in total. The number of amides is 2. The number of nitrogens with one attached hydrogen (secondary N) is 2. The highest BCUT2D eigenvalue weighted by molar-refractivity contribution is 7.92. The van der Waals surface area contributed by atoms with Crippen molar-refractivity contribution in [2.75, 3.05) is 30.8 Å². The van der Waals surface area contributed by atoms with Gasteiger partial charge in [0.25, 0.3) is 21.8 Å². The zero-order chi connectivity index (χ0) is 23.3. The lowest BCUT2D eigenvalue weighted by molar-refractivity contribution is 0.0961. The maximum absolute atomic E-state index is 13.0. The summed E-state index contributed by atoms with van der Waals surface area (Å²) in [6, 6.07) is 18.9. The van der Waals surface area contributed by atoms with Crippen molar-refractivity contribution in [2.24, 2.45) is 0 Å². The summed E-state index contributed by atoms with van der Waals surface area (Å²) >= 11 is 0. The number of hydrogen-bond donors (Lipinski definition) is 2. The Hall–Kier alpha value is -3.85. The Bertz CT molecular complexity index is 1240. The van der Waals surface area contributed by atoms with E-state index in [-0.39, 0.29) is 16.4 Å². The van der Waals surface area contributed by atoms with Gasteiger partial charge in [-0.1, -0.05) is 18.2 Å². The summed E-state index contributed by atoms with van der Waals surface area (Å²) in [6.07, 6.45) is 0. The number of para-hydroxylation sites is 2. The molecule has 0 fully saturated rings. The van der Waals surface area contributed by atoms with Crippen LogP contribution in [0.2, 0.25) is 0 Å². The standard InChI is InChI=1S/C23H23N3O5S/c1-24-22(27)17-7-6-8-18(15-17)25-23(28)16-11-13-19(14-12-16)32(29,30)26(2)20-9-4-5-10-21(20)31-3/h4-15H,1-3H3,(H,24,27)(H,25,28). The van der Waals surface area contributed by atoms with Gasteiger partial charge in [0.1, 0.15) is 5.75 Å². The average molecular weight is 454 g/mol. The molecule has 0 heterocycles. The molecule has 0 saturated heterocycles. The molecule has 0 radical (unpaired) electrons. The van der Waals surface area contributed by atoms with E-state index in [9.17, 15) is 18.0 Å². The van der Waals surface area contributed by atoms with Gasteiger partial charge in [0.15, 0.2) is 0 Å². The highest BCUT2D eigenvalue weighted by atomic mass is 32.2. The Morgan fingerprint density at radius 1 is 0.875 bits per heavy atom. The van der Waals surface area contributed by atoms with Crippen LogP contribution in [0.3, 0.4) is 0 Å². The van der Waals surface area contributed by atoms with Crippen LogP contribution < -0.4 is 19.7 Å². The largest absolute Gasteiger partial charge is 0.495 e. The molecule has 2 N–H and O–H groups in total. The molecule has 3 aromatic rings. The van der Waals surface area contributed by atoms with E-state index < -0.39 is 15.9 Å². The lowest BCUT2D eigenvalue weighted by atomic mass is 10.1. The van der Waals surface area contributed by atoms with Crippen molar-refractivity contribution >= 4 is 33.2 Å². The molecule has 0 spiro atoms. The first-order valence-electron chi connectivity index (χ1n) is 9.63. The van der Waals surface area contributed by atoms with Crippen LogP contribution in [-0.4, -0.2) is 41.4 Å². The molecule has 32 heavy (non-hydrogen) atoms. The Balaban J connectivity index is 1.79. The quantitative estimate of drug-likeness (QED) is 0.572. The molecule has 0 bridgehead atoms. The number of sulfonamides is 1. The second kappa shape index (κ2) is 9.52. The normalized spacial score (nSPS) is 10.8. The molecule has 9 heteroatoms. The molecule has 166 valence electrons. The van der Waals surface area contributed by atoms with Crippen molar-refractivity contribution in [1.29, 1.82) is 0 Å². The molecular formula is C23H23N3O5S. The molecule has 3 rings (SSSR count). The number of ether oxygens (including phenoxy) is 1. The molecule has 3 aromatic carbocycles. The molecular weight excluding hydrogens is 430 g/mol. The monoisotopic (exact) mass is 453 g/mol. The zero-order valence-corrected chi connectivity index (χ0v) is 18.6. The van der Waals surface area contributed by atoms with Gasteiger partial charge >= 0.3 is 0 Å². The second-order valence-electron chi connectivity index (χ2n) is 6.78. The molecule has 0 aliphatic heterocycles. The SMILES string of the molecule is CNC(=O)c1cccc(NC(=O)c2ccc(S(=O)(=O)N(C)c3ccccc3OC)cc2)c1. The Morgan fingerprint density at radius 3 is 2.22 bits per heavy atom. The van der Waals surface area contributed by atoms with E-state index >= 15 is 0 Å². The molecule has 0 aromatic heterocycles. The van der Waals surface area contributed by atoms with Crippen molar-refractivity contribution in [2.45, 2.75) is 4.90 Å². The predicted molar refractivity (Wildman–Crippen MR) is 123 cm³/mol. The van der Waals surface area contributed by atoms with Gasteiger partial charge in [-0.15, -0.1) is 0 Å². The lowest BCUT2D eigenvalue weighted by Crippen LogP contribution is -2.27. The van der Waals surface area contributed by atoms with E-state index in [2.05, 4.69) is 10.6 Å². The van der Waals surface area contributed by atoms with Gasteiger partial charge in [-0.05, 0) is 54.6 Å². The van der Waals surface area contributed by atoms with Gasteiger partial charge in [-0.3, -0.25) is 13.9 Å². The smallest absolute Gasteiger partial charge is 0.264 e. The van der Waals surface area contributed by atoms with Gasteiger partial charge in [0, 0.05) is 30.9 Å². The number of rotatable bonds is 7.